The lowest BCUT2D eigenvalue weighted by Crippen LogP contribution is -2.24. The fourth-order valence-corrected chi connectivity index (χ4v) is 2.84. The smallest absolute Gasteiger partial charge is 0.270 e. The lowest BCUT2D eigenvalue weighted by Gasteiger charge is -2.11. The van der Waals surface area contributed by atoms with Gasteiger partial charge in [0.15, 0.2) is 5.82 Å². The molecule has 0 unspecified atom stereocenters. The van der Waals surface area contributed by atoms with E-state index in [0.29, 0.717) is 30.4 Å². The van der Waals surface area contributed by atoms with E-state index in [2.05, 4.69) is 30.6 Å². The lowest BCUT2D eigenvalue weighted by atomic mass is 10.2. The normalized spacial score (nSPS) is 10.4. The summed E-state index contributed by atoms with van der Waals surface area (Å²) in [4.78, 5) is 29.9. The van der Waals surface area contributed by atoms with Crippen molar-refractivity contribution in [2.75, 3.05) is 5.32 Å². The molecular weight excluding hydrogens is 376 g/mol. The summed E-state index contributed by atoms with van der Waals surface area (Å²) >= 11 is 0. The molecule has 0 saturated heterocycles. The maximum atomic E-state index is 12.8. The molecule has 2 N–H and O–H groups in total. The van der Waals surface area contributed by atoms with Gasteiger partial charge >= 0.3 is 0 Å². The molecule has 0 spiro atoms. The molecule has 1 amide bonds. The van der Waals surface area contributed by atoms with Gasteiger partial charge in [-0.3, -0.25) is 14.8 Å². The quantitative estimate of drug-likeness (QED) is 0.497. The van der Waals surface area contributed by atoms with Gasteiger partial charge in [0.2, 0.25) is 0 Å². The van der Waals surface area contributed by atoms with Crippen LogP contribution >= 0.6 is 0 Å². The average molecular weight is 396 g/mol. The van der Waals surface area contributed by atoms with Crippen molar-refractivity contribution >= 4 is 11.7 Å². The number of hydrogen-bond donors (Lipinski definition) is 2. The Hall–Kier alpha value is -4.13. The fraction of sp³-hybridized carbons (Fsp3) is 0.0870. The number of pyridine rings is 2. The number of benzene rings is 1. The van der Waals surface area contributed by atoms with E-state index in [-0.39, 0.29) is 5.91 Å². The Balaban J connectivity index is 1.57. The van der Waals surface area contributed by atoms with Crippen LogP contribution < -0.4 is 10.6 Å². The van der Waals surface area contributed by atoms with Crippen molar-refractivity contribution in [3.8, 4) is 11.4 Å². The van der Waals surface area contributed by atoms with Crippen molar-refractivity contribution in [1.82, 2.24) is 25.3 Å². The molecule has 30 heavy (non-hydrogen) atoms. The Labute approximate surface area is 174 Å². The molecule has 0 saturated carbocycles. The second-order valence-corrected chi connectivity index (χ2v) is 6.58. The monoisotopic (exact) mass is 396 g/mol. The van der Waals surface area contributed by atoms with Crippen LogP contribution in [-0.4, -0.2) is 25.8 Å². The number of hydrogen-bond acceptors (Lipinski definition) is 6. The first kappa shape index (κ1) is 19.2. The highest BCUT2D eigenvalue weighted by Crippen LogP contribution is 2.18. The lowest BCUT2D eigenvalue weighted by molar-refractivity contribution is 0.0946. The summed E-state index contributed by atoms with van der Waals surface area (Å²) in [6, 6.07) is 18.8. The summed E-state index contributed by atoms with van der Waals surface area (Å²) in [5, 5.41) is 6.16. The largest absolute Gasteiger partial charge is 0.366 e. The molecule has 0 bridgehead atoms. The van der Waals surface area contributed by atoms with Gasteiger partial charge in [0, 0.05) is 49.5 Å². The van der Waals surface area contributed by atoms with Gasteiger partial charge in [-0.2, -0.15) is 0 Å². The molecule has 7 nitrogen and oxygen atoms in total. The highest BCUT2D eigenvalue weighted by molar-refractivity contribution is 5.93. The van der Waals surface area contributed by atoms with Gasteiger partial charge in [-0.05, 0) is 29.3 Å². The van der Waals surface area contributed by atoms with Gasteiger partial charge in [0.25, 0.3) is 5.91 Å². The number of carbonyl (C=O) groups excluding carboxylic acids is 1. The molecule has 0 aliphatic carbocycles. The SMILES string of the molecule is O=C(NCc1cccnc1)c1cc(NCc2ccncc2)nc(-c2ccccc2)n1. The Morgan fingerprint density at radius 3 is 2.40 bits per heavy atom. The molecule has 148 valence electrons. The van der Waals surface area contributed by atoms with Crippen molar-refractivity contribution in [3.05, 3.63) is 102 Å². The maximum Gasteiger partial charge on any atom is 0.270 e. The zero-order valence-electron chi connectivity index (χ0n) is 16.2. The minimum Gasteiger partial charge on any atom is -0.366 e. The first-order chi connectivity index (χ1) is 14.8. The molecule has 0 atom stereocenters. The summed E-state index contributed by atoms with van der Waals surface area (Å²) in [7, 11) is 0. The molecule has 3 aromatic heterocycles. The van der Waals surface area contributed by atoms with Crippen LogP contribution in [0.3, 0.4) is 0 Å². The van der Waals surface area contributed by atoms with E-state index in [1.807, 2.05) is 54.6 Å². The van der Waals surface area contributed by atoms with Gasteiger partial charge in [-0.25, -0.2) is 9.97 Å². The fourth-order valence-electron chi connectivity index (χ4n) is 2.84. The predicted octanol–water partition coefficient (Wildman–Crippen LogP) is 3.48. The van der Waals surface area contributed by atoms with E-state index < -0.39 is 0 Å². The molecule has 4 rings (SSSR count). The molecule has 0 aliphatic heterocycles. The minimum absolute atomic E-state index is 0.273. The van der Waals surface area contributed by atoms with Crippen molar-refractivity contribution in [3.63, 3.8) is 0 Å². The van der Waals surface area contributed by atoms with Crippen LogP contribution in [0, 0.1) is 0 Å². The van der Waals surface area contributed by atoms with Gasteiger partial charge in [0.05, 0.1) is 0 Å². The van der Waals surface area contributed by atoms with Gasteiger partial charge in [0.1, 0.15) is 11.5 Å². The van der Waals surface area contributed by atoms with E-state index >= 15 is 0 Å². The molecular formula is C23H20N6O. The van der Waals surface area contributed by atoms with E-state index in [9.17, 15) is 4.79 Å². The summed E-state index contributed by atoms with van der Waals surface area (Å²) in [5.41, 5.74) is 3.11. The Kier molecular flexibility index (Phi) is 6.00. The van der Waals surface area contributed by atoms with Gasteiger partial charge in [-0.15, -0.1) is 0 Å². The van der Waals surface area contributed by atoms with Crippen molar-refractivity contribution < 1.29 is 4.79 Å². The van der Waals surface area contributed by atoms with E-state index in [1.165, 1.54) is 0 Å². The number of nitrogens with one attached hydrogen (secondary N) is 2. The molecule has 4 aromatic rings. The number of amides is 1. The van der Waals surface area contributed by atoms with Crippen molar-refractivity contribution in [2.24, 2.45) is 0 Å². The third kappa shape index (κ3) is 5.02. The standard InChI is InChI=1S/C23H20N6O/c30-23(27-16-18-5-4-10-25-14-18)20-13-21(26-15-17-8-11-24-12-9-17)29-22(28-20)19-6-2-1-3-7-19/h1-14H,15-16H2,(H,27,30)(H,26,28,29). The van der Waals surface area contributed by atoms with E-state index in [1.54, 1.807) is 30.9 Å². The second-order valence-electron chi connectivity index (χ2n) is 6.58. The topological polar surface area (TPSA) is 92.7 Å². The van der Waals surface area contributed by atoms with Crippen molar-refractivity contribution in [1.29, 1.82) is 0 Å². The van der Waals surface area contributed by atoms with Crippen LogP contribution in [0.4, 0.5) is 5.82 Å². The predicted molar refractivity (Wildman–Crippen MR) is 114 cm³/mol. The summed E-state index contributed by atoms with van der Waals surface area (Å²) in [6.45, 7) is 0.932. The first-order valence-electron chi connectivity index (χ1n) is 9.52. The van der Waals surface area contributed by atoms with Crippen LogP contribution in [0.2, 0.25) is 0 Å². The van der Waals surface area contributed by atoms with Crippen LogP contribution in [-0.2, 0) is 13.1 Å². The van der Waals surface area contributed by atoms with Gasteiger partial charge in [-0.1, -0.05) is 36.4 Å². The first-order valence-corrected chi connectivity index (χ1v) is 9.52. The van der Waals surface area contributed by atoms with Gasteiger partial charge < -0.3 is 10.6 Å². The number of anilines is 1. The Morgan fingerprint density at radius 2 is 1.63 bits per heavy atom. The summed E-state index contributed by atoms with van der Waals surface area (Å²) in [5.74, 6) is 0.791. The number of nitrogens with zero attached hydrogens (tertiary/aromatic N) is 4. The van der Waals surface area contributed by atoms with Crippen LogP contribution in [0.15, 0.2) is 85.5 Å². The van der Waals surface area contributed by atoms with Crippen LogP contribution in [0.25, 0.3) is 11.4 Å². The summed E-state index contributed by atoms with van der Waals surface area (Å²) < 4.78 is 0. The number of rotatable bonds is 7. The highest BCUT2D eigenvalue weighted by atomic mass is 16.1. The number of aromatic nitrogens is 4. The third-order valence-corrected chi connectivity index (χ3v) is 4.39. The van der Waals surface area contributed by atoms with E-state index in [4.69, 9.17) is 0 Å². The molecule has 3 heterocycles. The molecule has 0 aliphatic rings. The second kappa shape index (κ2) is 9.38. The molecule has 1 aromatic carbocycles. The third-order valence-electron chi connectivity index (χ3n) is 4.39. The maximum absolute atomic E-state index is 12.8. The zero-order valence-corrected chi connectivity index (χ0v) is 16.2. The molecule has 0 fully saturated rings. The van der Waals surface area contributed by atoms with Crippen LogP contribution in [0.1, 0.15) is 21.6 Å². The molecule has 7 heteroatoms. The minimum atomic E-state index is -0.273. The Bertz CT molecular complexity index is 1100. The number of carbonyl (C=O) groups is 1. The van der Waals surface area contributed by atoms with E-state index in [0.717, 1.165) is 16.7 Å². The Morgan fingerprint density at radius 1 is 0.800 bits per heavy atom. The zero-order chi connectivity index (χ0) is 20.6. The highest BCUT2D eigenvalue weighted by Gasteiger charge is 2.13. The van der Waals surface area contributed by atoms with Crippen LogP contribution in [0.5, 0.6) is 0 Å². The summed E-state index contributed by atoms with van der Waals surface area (Å²) in [6.07, 6.45) is 6.90. The molecule has 0 radical (unpaired) electrons. The van der Waals surface area contributed by atoms with Crippen molar-refractivity contribution in [2.45, 2.75) is 13.1 Å². The average Bonchev–Trinajstić information content (AvgIpc) is 2.83.